The zero-order valence-corrected chi connectivity index (χ0v) is 15.4. The van der Waals surface area contributed by atoms with Gasteiger partial charge in [0.15, 0.2) is 0 Å². The highest BCUT2D eigenvalue weighted by molar-refractivity contribution is 5.76. The molecule has 0 spiro atoms. The highest BCUT2D eigenvalue weighted by atomic mass is 16.5. The largest absolute Gasteiger partial charge is 0.489 e. The fourth-order valence-corrected chi connectivity index (χ4v) is 3.02. The maximum Gasteiger partial charge on any atom is 0.221 e. The summed E-state index contributed by atoms with van der Waals surface area (Å²) in [6.07, 6.45) is 5.16. The summed E-state index contributed by atoms with van der Waals surface area (Å²) in [5.74, 6) is 1.15. The first-order chi connectivity index (χ1) is 11.6. The van der Waals surface area contributed by atoms with Crippen molar-refractivity contribution in [2.75, 3.05) is 13.1 Å². The van der Waals surface area contributed by atoms with E-state index >= 15 is 0 Å². The minimum Gasteiger partial charge on any atom is -0.489 e. The molecule has 1 N–H and O–H groups in total. The first-order valence-electron chi connectivity index (χ1n) is 9.38. The number of rotatable bonds is 8. The van der Waals surface area contributed by atoms with E-state index in [4.69, 9.17) is 4.74 Å². The Morgan fingerprint density at radius 1 is 1.38 bits per heavy atom. The molecule has 2 rings (SSSR count). The van der Waals surface area contributed by atoms with Crippen molar-refractivity contribution in [1.82, 2.24) is 10.2 Å². The molecule has 1 aliphatic heterocycles. The second kappa shape index (κ2) is 9.67. The standard InChI is InChI=1S/C20H32N2O2/c1-4-6-10-18-15-22(13-12-20(23)21-16(3)5-2)14-17-9-7-8-11-19(17)24-18/h7-9,11,16,18H,4-6,10,12-15H2,1-3H3,(H,21,23)/t16-,18+/m0/s1. The molecule has 0 aromatic heterocycles. The topological polar surface area (TPSA) is 41.6 Å². The van der Waals surface area contributed by atoms with Crippen LogP contribution in [0.25, 0.3) is 0 Å². The van der Waals surface area contributed by atoms with Gasteiger partial charge in [-0.1, -0.05) is 38.5 Å². The fraction of sp³-hybridized carbons (Fsp3) is 0.650. The average molecular weight is 332 g/mol. The van der Waals surface area contributed by atoms with Crippen molar-refractivity contribution >= 4 is 5.91 Å². The van der Waals surface area contributed by atoms with E-state index in [2.05, 4.69) is 49.2 Å². The van der Waals surface area contributed by atoms with E-state index in [1.54, 1.807) is 0 Å². The highest BCUT2D eigenvalue weighted by Crippen LogP contribution is 2.26. The summed E-state index contributed by atoms with van der Waals surface area (Å²) in [6, 6.07) is 8.54. The zero-order chi connectivity index (χ0) is 17.4. The molecule has 0 radical (unpaired) electrons. The van der Waals surface area contributed by atoms with E-state index in [1.807, 2.05) is 6.07 Å². The third kappa shape index (κ3) is 5.82. The van der Waals surface area contributed by atoms with Gasteiger partial charge in [0.2, 0.25) is 5.91 Å². The molecule has 4 nitrogen and oxygen atoms in total. The van der Waals surface area contributed by atoms with Crippen molar-refractivity contribution in [2.24, 2.45) is 0 Å². The number of unbranched alkanes of at least 4 members (excludes halogenated alkanes) is 1. The normalized spacial score (nSPS) is 19.0. The van der Waals surface area contributed by atoms with Crippen LogP contribution >= 0.6 is 0 Å². The van der Waals surface area contributed by atoms with Gasteiger partial charge >= 0.3 is 0 Å². The van der Waals surface area contributed by atoms with Crippen LogP contribution in [0.2, 0.25) is 0 Å². The van der Waals surface area contributed by atoms with Gasteiger partial charge in [0.25, 0.3) is 0 Å². The number of amides is 1. The molecule has 24 heavy (non-hydrogen) atoms. The van der Waals surface area contributed by atoms with Crippen LogP contribution in [0, 0.1) is 0 Å². The Kier molecular flexibility index (Phi) is 7.57. The maximum atomic E-state index is 12.1. The zero-order valence-electron chi connectivity index (χ0n) is 15.4. The van der Waals surface area contributed by atoms with E-state index < -0.39 is 0 Å². The van der Waals surface area contributed by atoms with Gasteiger partial charge in [-0.15, -0.1) is 0 Å². The van der Waals surface area contributed by atoms with Gasteiger partial charge in [-0.05, 0) is 32.3 Å². The number of fused-ring (bicyclic) bond motifs is 1. The SMILES string of the molecule is CCCC[C@@H]1CN(CCC(=O)N[C@@H](C)CC)Cc2ccccc2O1. The molecule has 0 unspecified atom stereocenters. The molecule has 1 aromatic rings. The first kappa shape index (κ1) is 18.8. The lowest BCUT2D eigenvalue weighted by Crippen LogP contribution is -2.37. The number of hydrogen-bond acceptors (Lipinski definition) is 3. The molecule has 0 aliphatic carbocycles. The van der Waals surface area contributed by atoms with E-state index in [9.17, 15) is 4.79 Å². The lowest BCUT2D eigenvalue weighted by molar-refractivity contribution is -0.122. The van der Waals surface area contributed by atoms with Crippen LogP contribution in [-0.4, -0.2) is 36.0 Å². The van der Waals surface area contributed by atoms with Crippen LogP contribution in [0.5, 0.6) is 5.75 Å². The minimum atomic E-state index is 0.146. The Morgan fingerprint density at radius 2 is 2.17 bits per heavy atom. The van der Waals surface area contributed by atoms with Gasteiger partial charge in [0.1, 0.15) is 11.9 Å². The summed E-state index contributed by atoms with van der Waals surface area (Å²) in [5.41, 5.74) is 1.22. The molecule has 0 fully saturated rings. The fourth-order valence-electron chi connectivity index (χ4n) is 3.02. The summed E-state index contributed by atoms with van der Waals surface area (Å²) in [7, 11) is 0. The van der Waals surface area contributed by atoms with Crippen molar-refractivity contribution in [2.45, 2.75) is 71.6 Å². The highest BCUT2D eigenvalue weighted by Gasteiger charge is 2.22. The van der Waals surface area contributed by atoms with Gasteiger partial charge in [0, 0.05) is 37.7 Å². The van der Waals surface area contributed by atoms with Crippen LogP contribution in [0.3, 0.4) is 0 Å². The molecular formula is C20H32N2O2. The van der Waals surface area contributed by atoms with Crippen molar-refractivity contribution in [3.63, 3.8) is 0 Å². The molecule has 0 saturated carbocycles. The number of carbonyl (C=O) groups excluding carboxylic acids is 1. The van der Waals surface area contributed by atoms with Crippen LogP contribution in [0.1, 0.15) is 58.4 Å². The Labute approximate surface area is 146 Å². The smallest absolute Gasteiger partial charge is 0.221 e. The summed E-state index contributed by atoms with van der Waals surface area (Å²) in [4.78, 5) is 14.4. The van der Waals surface area contributed by atoms with E-state index in [-0.39, 0.29) is 18.1 Å². The lowest BCUT2D eigenvalue weighted by atomic mass is 10.1. The molecule has 1 amide bonds. The lowest BCUT2D eigenvalue weighted by Gasteiger charge is -2.24. The second-order valence-electron chi connectivity index (χ2n) is 6.85. The predicted octanol–water partition coefficient (Wildman–Crippen LogP) is 3.74. The number of nitrogens with one attached hydrogen (secondary N) is 1. The molecule has 0 bridgehead atoms. The first-order valence-corrected chi connectivity index (χ1v) is 9.38. The number of benzene rings is 1. The monoisotopic (exact) mass is 332 g/mol. The Balaban J connectivity index is 1.96. The van der Waals surface area contributed by atoms with Crippen LogP contribution < -0.4 is 10.1 Å². The number of nitrogens with zero attached hydrogens (tertiary/aromatic N) is 1. The Hall–Kier alpha value is -1.55. The third-order valence-electron chi connectivity index (χ3n) is 4.68. The van der Waals surface area contributed by atoms with E-state index in [0.29, 0.717) is 6.42 Å². The molecule has 1 heterocycles. The van der Waals surface area contributed by atoms with Crippen molar-refractivity contribution in [1.29, 1.82) is 0 Å². The molecular weight excluding hydrogens is 300 g/mol. The van der Waals surface area contributed by atoms with E-state index in [1.165, 1.54) is 18.4 Å². The van der Waals surface area contributed by atoms with E-state index in [0.717, 1.165) is 38.2 Å². The number of carbonyl (C=O) groups is 1. The molecule has 0 saturated heterocycles. The molecule has 1 aliphatic rings. The third-order valence-corrected chi connectivity index (χ3v) is 4.68. The molecule has 1 aromatic carbocycles. The van der Waals surface area contributed by atoms with Gasteiger partial charge < -0.3 is 10.1 Å². The second-order valence-corrected chi connectivity index (χ2v) is 6.85. The van der Waals surface area contributed by atoms with Crippen LogP contribution in [0.15, 0.2) is 24.3 Å². The molecule has 2 atom stereocenters. The number of para-hydroxylation sites is 1. The molecule has 134 valence electrons. The summed E-state index contributed by atoms with van der Waals surface area (Å²) < 4.78 is 6.24. The van der Waals surface area contributed by atoms with Crippen molar-refractivity contribution in [3.05, 3.63) is 29.8 Å². The summed E-state index contributed by atoms with van der Waals surface area (Å²) in [6.45, 7) is 8.88. The van der Waals surface area contributed by atoms with Crippen molar-refractivity contribution < 1.29 is 9.53 Å². The molecule has 4 heteroatoms. The summed E-state index contributed by atoms with van der Waals surface area (Å²) >= 11 is 0. The van der Waals surface area contributed by atoms with Gasteiger partial charge in [-0.2, -0.15) is 0 Å². The summed E-state index contributed by atoms with van der Waals surface area (Å²) in [5, 5.41) is 3.05. The number of ether oxygens (including phenoxy) is 1. The average Bonchev–Trinajstić information content (AvgIpc) is 2.76. The number of hydrogen-bond donors (Lipinski definition) is 1. The van der Waals surface area contributed by atoms with Gasteiger partial charge in [0.05, 0.1) is 0 Å². The predicted molar refractivity (Wildman–Crippen MR) is 98.2 cm³/mol. The maximum absolute atomic E-state index is 12.1. The van der Waals surface area contributed by atoms with Gasteiger partial charge in [-0.3, -0.25) is 9.69 Å². The van der Waals surface area contributed by atoms with Crippen LogP contribution in [0.4, 0.5) is 0 Å². The quantitative estimate of drug-likeness (QED) is 0.788. The van der Waals surface area contributed by atoms with Crippen molar-refractivity contribution in [3.8, 4) is 5.75 Å². The Bertz CT molecular complexity index is 518. The van der Waals surface area contributed by atoms with Gasteiger partial charge in [-0.25, -0.2) is 0 Å². The Morgan fingerprint density at radius 3 is 2.92 bits per heavy atom. The van der Waals surface area contributed by atoms with Crippen LogP contribution in [-0.2, 0) is 11.3 Å². The minimum absolute atomic E-state index is 0.146.